The molecule has 2 aliphatic rings. The monoisotopic (exact) mass is 296 g/mol. The maximum absolute atomic E-state index is 11.7. The quantitative estimate of drug-likeness (QED) is 0.594. The third-order valence-electron chi connectivity index (χ3n) is 4.01. The number of carbonyl (C=O) groups is 1. The highest BCUT2D eigenvalue weighted by molar-refractivity contribution is 5.85. The lowest BCUT2D eigenvalue weighted by atomic mass is 10.00. The molecule has 0 aromatic rings. The zero-order valence-electron chi connectivity index (χ0n) is 13.5. The minimum Gasteiger partial charge on any atom is -0.381 e. The van der Waals surface area contributed by atoms with E-state index in [-0.39, 0.29) is 12.5 Å². The van der Waals surface area contributed by atoms with Gasteiger partial charge >= 0.3 is 0 Å². The van der Waals surface area contributed by atoms with Gasteiger partial charge in [-0.25, -0.2) is 4.99 Å². The van der Waals surface area contributed by atoms with Gasteiger partial charge in [-0.3, -0.25) is 4.79 Å². The van der Waals surface area contributed by atoms with E-state index in [1.165, 1.54) is 12.8 Å². The largest absolute Gasteiger partial charge is 0.381 e. The molecule has 2 rings (SSSR count). The second-order valence-electron chi connectivity index (χ2n) is 6.28. The Labute approximate surface area is 127 Å². The van der Waals surface area contributed by atoms with Crippen LogP contribution in [0.3, 0.4) is 0 Å². The van der Waals surface area contributed by atoms with Crippen LogP contribution in [0, 0.1) is 5.92 Å². The summed E-state index contributed by atoms with van der Waals surface area (Å²) in [5, 5.41) is 3.45. The molecule has 1 N–H and O–H groups in total. The summed E-state index contributed by atoms with van der Waals surface area (Å²) >= 11 is 0. The van der Waals surface area contributed by atoms with E-state index in [9.17, 15) is 4.79 Å². The van der Waals surface area contributed by atoms with Crippen molar-refractivity contribution in [3.8, 4) is 0 Å². The van der Waals surface area contributed by atoms with Crippen molar-refractivity contribution in [3.05, 3.63) is 0 Å². The SMILES string of the molecule is CN(C)C(=O)CN=C(NC1CC1)N(C)CC1CCOCC1. The standard InChI is InChI=1S/C15H28N4O2/c1-18(2)14(20)10-16-15(17-13-4-5-13)19(3)11-12-6-8-21-9-7-12/h12-13H,4-11H2,1-3H3,(H,16,17). The van der Waals surface area contributed by atoms with E-state index in [2.05, 4.69) is 22.3 Å². The van der Waals surface area contributed by atoms with Crippen molar-refractivity contribution in [1.29, 1.82) is 0 Å². The molecule has 0 spiro atoms. The number of ether oxygens (including phenoxy) is 1. The first kappa shape index (κ1) is 16.1. The lowest BCUT2D eigenvalue weighted by Crippen LogP contribution is -2.43. The fourth-order valence-corrected chi connectivity index (χ4v) is 2.37. The molecule has 1 heterocycles. The first-order valence-corrected chi connectivity index (χ1v) is 7.86. The zero-order chi connectivity index (χ0) is 15.2. The summed E-state index contributed by atoms with van der Waals surface area (Å²) in [7, 11) is 5.58. The van der Waals surface area contributed by atoms with Crippen LogP contribution in [0.2, 0.25) is 0 Å². The van der Waals surface area contributed by atoms with E-state index in [0.717, 1.165) is 38.6 Å². The average Bonchev–Trinajstić information content (AvgIpc) is 3.27. The lowest BCUT2D eigenvalue weighted by molar-refractivity contribution is -0.127. The molecule has 1 amide bonds. The second kappa shape index (κ2) is 7.64. The van der Waals surface area contributed by atoms with Crippen molar-refractivity contribution in [3.63, 3.8) is 0 Å². The number of amides is 1. The third-order valence-corrected chi connectivity index (χ3v) is 4.01. The zero-order valence-corrected chi connectivity index (χ0v) is 13.5. The van der Waals surface area contributed by atoms with Gasteiger partial charge in [-0.05, 0) is 31.6 Å². The molecule has 6 nitrogen and oxygen atoms in total. The highest BCUT2D eigenvalue weighted by atomic mass is 16.5. The minimum absolute atomic E-state index is 0.0320. The summed E-state index contributed by atoms with van der Waals surface area (Å²) in [5.41, 5.74) is 0. The van der Waals surface area contributed by atoms with E-state index in [4.69, 9.17) is 4.74 Å². The van der Waals surface area contributed by atoms with Gasteiger partial charge < -0.3 is 19.9 Å². The predicted molar refractivity (Wildman–Crippen MR) is 83.3 cm³/mol. The fraction of sp³-hybridized carbons (Fsp3) is 0.867. The molecule has 1 aliphatic carbocycles. The Balaban J connectivity index is 1.89. The normalized spacial score (nSPS) is 20.2. The molecule has 0 radical (unpaired) electrons. The van der Waals surface area contributed by atoms with Gasteiger partial charge in [-0.2, -0.15) is 0 Å². The van der Waals surface area contributed by atoms with E-state index in [0.29, 0.717) is 12.0 Å². The number of rotatable bonds is 5. The molecule has 21 heavy (non-hydrogen) atoms. The van der Waals surface area contributed by atoms with Crippen molar-refractivity contribution >= 4 is 11.9 Å². The maximum Gasteiger partial charge on any atom is 0.243 e. The van der Waals surface area contributed by atoms with Crippen LogP contribution < -0.4 is 5.32 Å². The van der Waals surface area contributed by atoms with Crippen molar-refractivity contribution in [2.75, 3.05) is 47.4 Å². The molecule has 1 saturated carbocycles. The Morgan fingerprint density at radius 3 is 2.43 bits per heavy atom. The Hall–Kier alpha value is -1.30. The molecule has 0 aromatic heterocycles. The Morgan fingerprint density at radius 2 is 1.86 bits per heavy atom. The van der Waals surface area contributed by atoms with Gasteiger partial charge in [0.2, 0.25) is 5.91 Å². The average molecular weight is 296 g/mol. The van der Waals surface area contributed by atoms with Crippen LogP contribution in [-0.2, 0) is 9.53 Å². The summed E-state index contributed by atoms with van der Waals surface area (Å²) in [6.07, 6.45) is 4.62. The molecule has 2 fully saturated rings. The second-order valence-corrected chi connectivity index (χ2v) is 6.28. The molecule has 6 heteroatoms. The summed E-state index contributed by atoms with van der Waals surface area (Å²) < 4.78 is 5.41. The van der Waals surface area contributed by atoms with Gasteiger partial charge in [-0.15, -0.1) is 0 Å². The Morgan fingerprint density at radius 1 is 1.19 bits per heavy atom. The van der Waals surface area contributed by atoms with Crippen LogP contribution in [0.5, 0.6) is 0 Å². The Bertz CT molecular complexity index is 374. The third kappa shape index (κ3) is 5.53. The number of guanidine groups is 1. The van der Waals surface area contributed by atoms with E-state index >= 15 is 0 Å². The summed E-state index contributed by atoms with van der Waals surface area (Å²) in [6.45, 7) is 2.90. The number of nitrogens with zero attached hydrogens (tertiary/aromatic N) is 3. The molecular formula is C15H28N4O2. The van der Waals surface area contributed by atoms with Gasteiger partial charge in [-0.1, -0.05) is 0 Å². The molecular weight excluding hydrogens is 268 g/mol. The number of nitrogens with one attached hydrogen (secondary N) is 1. The molecule has 1 aliphatic heterocycles. The maximum atomic E-state index is 11.7. The van der Waals surface area contributed by atoms with Crippen molar-refractivity contribution in [2.24, 2.45) is 10.9 Å². The molecule has 0 aromatic carbocycles. The van der Waals surface area contributed by atoms with Crippen LogP contribution in [0.25, 0.3) is 0 Å². The number of aliphatic imine (C=N–C) groups is 1. The summed E-state index contributed by atoms with van der Waals surface area (Å²) in [4.78, 5) is 20.0. The number of hydrogen-bond acceptors (Lipinski definition) is 3. The summed E-state index contributed by atoms with van der Waals surface area (Å²) in [5.74, 6) is 1.54. The van der Waals surface area contributed by atoms with Gasteiger partial charge in [0, 0.05) is 46.9 Å². The van der Waals surface area contributed by atoms with Crippen LogP contribution in [0.15, 0.2) is 4.99 Å². The summed E-state index contributed by atoms with van der Waals surface area (Å²) in [6, 6.07) is 0.537. The van der Waals surface area contributed by atoms with Crippen molar-refractivity contribution in [2.45, 2.75) is 31.7 Å². The van der Waals surface area contributed by atoms with Crippen LogP contribution in [-0.4, -0.2) is 75.2 Å². The van der Waals surface area contributed by atoms with Gasteiger partial charge in [0.1, 0.15) is 6.54 Å². The van der Waals surface area contributed by atoms with Gasteiger partial charge in [0.05, 0.1) is 0 Å². The fourth-order valence-electron chi connectivity index (χ4n) is 2.37. The van der Waals surface area contributed by atoms with Gasteiger partial charge in [0.25, 0.3) is 0 Å². The van der Waals surface area contributed by atoms with Gasteiger partial charge in [0.15, 0.2) is 5.96 Å². The highest BCUT2D eigenvalue weighted by Crippen LogP contribution is 2.20. The van der Waals surface area contributed by atoms with Crippen LogP contribution in [0.4, 0.5) is 0 Å². The molecule has 1 saturated heterocycles. The minimum atomic E-state index is 0.0320. The molecule has 0 atom stereocenters. The van der Waals surface area contributed by atoms with Crippen LogP contribution >= 0.6 is 0 Å². The Kier molecular flexibility index (Phi) is 5.85. The molecule has 120 valence electrons. The number of likely N-dealkylation sites (N-methyl/N-ethyl adjacent to an activating group) is 1. The van der Waals surface area contributed by atoms with E-state index < -0.39 is 0 Å². The first-order chi connectivity index (χ1) is 10.1. The smallest absolute Gasteiger partial charge is 0.243 e. The van der Waals surface area contributed by atoms with Crippen molar-refractivity contribution in [1.82, 2.24) is 15.1 Å². The molecule has 0 unspecified atom stereocenters. The highest BCUT2D eigenvalue weighted by Gasteiger charge is 2.25. The first-order valence-electron chi connectivity index (χ1n) is 7.86. The predicted octanol–water partition coefficient (Wildman–Crippen LogP) is 0.541. The number of hydrogen-bond donors (Lipinski definition) is 1. The van der Waals surface area contributed by atoms with Crippen molar-refractivity contribution < 1.29 is 9.53 Å². The van der Waals surface area contributed by atoms with Crippen LogP contribution in [0.1, 0.15) is 25.7 Å². The lowest BCUT2D eigenvalue weighted by Gasteiger charge is -2.29. The number of carbonyl (C=O) groups excluding carboxylic acids is 1. The van der Waals surface area contributed by atoms with E-state index in [1.54, 1.807) is 19.0 Å². The topological polar surface area (TPSA) is 57.2 Å². The molecule has 0 bridgehead atoms. The van der Waals surface area contributed by atoms with E-state index in [1.807, 2.05) is 0 Å².